The molecule has 0 spiro atoms. The summed E-state index contributed by atoms with van der Waals surface area (Å²) in [6.07, 6.45) is 4.59. The van der Waals surface area contributed by atoms with Gasteiger partial charge in [-0.25, -0.2) is 0 Å². The summed E-state index contributed by atoms with van der Waals surface area (Å²) >= 11 is 0. The Labute approximate surface area is 246 Å². The molecule has 1 atom stereocenters. The van der Waals surface area contributed by atoms with E-state index >= 15 is 0 Å². The maximum Gasteiger partial charge on any atom is 0.178 e. The highest BCUT2D eigenvalue weighted by atomic mass is 16.5. The van der Waals surface area contributed by atoms with Gasteiger partial charge in [-0.3, -0.25) is 0 Å². The summed E-state index contributed by atoms with van der Waals surface area (Å²) in [6, 6.07) is 39.1. The molecule has 2 aliphatic rings. The fourth-order valence-electron chi connectivity index (χ4n) is 7.28. The van der Waals surface area contributed by atoms with Crippen molar-refractivity contribution in [3.8, 4) is 22.6 Å². The molecule has 8 rings (SSSR count). The van der Waals surface area contributed by atoms with Crippen molar-refractivity contribution >= 4 is 27.6 Å². The predicted molar refractivity (Wildman–Crippen MR) is 174 cm³/mol. The molecule has 204 valence electrons. The van der Waals surface area contributed by atoms with Gasteiger partial charge in [0, 0.05) is 27.5 Å². The van der Waals surface area contributed by atoms with Crippen LogP contribution in [0.15, 0.2) is 115 Å². The zero-order chi connectivity index (χ0) is 28.6. The Hall–Kier alpha value is -4.82. The SMILES string of the molecule is COc1ccc(C2(c3ccc4ccccc4c3)C=Cc3c4c(c5ccccc5c3O2)-c2ccc(C)cc2C4(C)C)cc1. The van der Waals surface area contributed by atoms with E-state index in [1.807, 2.05) is 12.1 Å². The second-order valence-electron chi connectivity index (χ2n) is 12.2. The van der Waals surface area contributed by atoms with Crippen molar-refractivity contribution in [1.82, 2.24) is 0 Å². The van der Waals surface area contributed by atoms with E-state index in [0.29, 0.717) is 0 Å². The van der Waals surface area contributed by atoms with E-state index in [4.69, 9.17) is 9.47 Å². The van der Waals surface area contributed by atoms with Crippen LogP contribution in [0.4, 0.5) is 0 Å². The monoisotopic (exact) mass is 544 g/mol. The van der Waals surface area contributed by atoms with Gasteiger partial charge in [0.15, 0.2) is 5.60 Å². The van der Waals surface area contributed by atoms with Crippen molar-refractivity contribution in [2.75, 3.05) is 7.11 Å². The maximum atomic E-state index is 7.44. The zero-order valence-corrected chi connectivity index (χ0v) is 24.4. The van der Waals surface area contributed by atoms with E-state index in [2.05, 4.69) is 130 Å². The molecular formula is C40H32O2. The molecule has 1 unspecified atom stereocenters. The highest BCUT2D eigenvalue weighted by Gasteiger charge is 2.44. The first-order valence-corrected chi connectivity index (χ1v) is 14.6. The van der Waals surface area contributed by atoms with E-state index in [1.165, 1.54) is 49.5 Å². The summed E-state index contributed by atoms with van der Waals surface area (Å²) < 4.78 is 13.0. The number of hydrogen-bond acceptors (Lipinski definition) is 2. The highest BCUT2D eigenvalue weighted by Crippen LogP contribution is 2.58. The van der Waals surface area contributed by atoms with Gasteiger partial charge in [0.05, 0.1) is 7.11 Å². The number of rotatable bonds is 3. The minimum Gasteiger partial charge on any atom is -0.497 e. The van der Waals surface area contributed by atoms with Gasteiger partial charge in [-0.15, -0.1) is 0 Å². The molecule has 0 aromatic heterocycles. The molecular weight excluding hydrogens is 512 g/mol. The topological polar surface area (TPSA) is 18.5 Å². The molecule has 2 nitrogen and oxygen atoms in total. The number of fused-ring (bicyclic) bond motifs is 9. The first-order valence-electron chi connectivity index (χ1n) is 14.6. The molecule has 0 radical (unpaired) electrons. The molecule has 0 saturated heterocycles. The summed E-state index contributed by atoms with van der Waals surface area (Å²) in [4.78, 5) is 0. The lowest BCUT2D eigenvalue weighted by atomic mass is 9.76. The average molecular weight is 545 g/mol. The molecule has 1 aliphatic carbocycles. The van der Waals surface area contributed by atoms with Gasteiger partial charge >= 0.3 is 0 Å². The van der Waals surface area contributed by atoms with Crippen molar-refractivity contribution in [1.29, 1.82) is 0 Å². The van der Waals surface area contributed by atoms with Gasteiger partial charge in [0.1, 0.15) is 11.5 Å². The predicted octanol–water partition coefficient (Wildman–Crippen LogP) is 9.97. The Bertz CT molecular complexity index is 2080. The van der Waals surface area contributed by atoms with Crippen molar-refractivity contribution < 1.29 is 9.47 Å². The molecule has 6 aromatic rings. The van der Waals surface area contributed by atoms with E-state index < -0.39 is 5.60 Å². The maximum absolute atomic E-state index is 7.44. The Balaban J connectivity index is 1.43. The van der Waals surface area contributed by atoms with Crippen LogP contribution in [0.2, 0.25) is 0 Å². The van der Waals surface area contributed by atoms with Crippen molar-refractivity contribution in [3.63, 3.8) is 0 Å². The Morgan fingerprint density at radius 3 is 2.19 bits per heavy atom. The second-order valence-corrected chi connectivity index (χ2v) is 12.2. The Morgan fingerprint density at radius 1 is 0.690 bits per heavy atom. The number of aryl methyl sites for hydroxylation is 1. The fourth-order valence-corrected chi connectivity index (χ4v) is 7.28. The lowest BCUT2D eigenvalue weighted by Gasteiger charge is -2.38. The minimum atomic E-state index is -0.813. The minimum absolute atomic E-state index is 0.165. The number of ether oxygens (including phenoxy) is 2. The number of methoxy groups -OCH3 is 1. The van der Waals surface area contributed by atoms with Crippen LogP contribution in [-0.4, -0.2) is 7.11 Å². The first kappa shape index (κ1) is 24.9. The van der Waals surface area contributed by atoms with Crippen LogP contribution in [0.5, 0.6) is 11.5 Å². The third kappa shape index (κ3) is 3.39. The summed E-state index contributed by atoms with van der Waals surface area (Å²) in [5, 5.41) is 4.78. The lowest BCUT2D eigenvalue weighted by molar-refractivity contribution is 0.163. The van der Waals surface area contributed by atoms with Gasteiger partial charge in [-0.1, -0.05) is 116 Å². The van der Waals surface area contributed by atoms with Gasteiger partial charge in [0.25, 0.3) is 0 Å². The molecule has 6 aromatic carbocycles. The first-order chi connectivity index (χ1) is 20.4. The Kier molecular flexibility index (Phi) is 5.25. The molecule has 0 fully saturated rings. The average Bonchev–Trinajstić information content (AvgIpc) is 3.27. The summed E-state index contributed by atoms with van der Waals surface area (Å²) in [6.45, 7) is 6.89. The van der Waals surface area contributed by atoms with Crippen LogP contribution >= 0.6 is 0 Å². The van der Waals surface area contributed by atoms with Gasteiger partial charge in [-0.2, -0.15) is 0 Å². The van der Waals surface area contributed by atoms with Crippen LogP contribution in [0, 0.1) is 6.92 Å². The standard InChI is InChI=1S/C40H32O2/c1-25-13-20-33-35(23-25)39(2,3)37-34-21-22-40(28-16-18-30(41-4)19-17-28,29-15-14-26-9-5-6-10-27(26)24-29)42-38(34)32-12-8-7-11-31(32)36(33)37/h5-24H,1-4H3. The molecule has 0 bridgehead atoms. The smallest absolute Gasteiger partial charge is 0.178 e. The summed E-state index contributed by atoms with van der Waals surface area (Å²) in [5.41, 5.74) is 9.02. The van der Waals surface area contributed by atoms with Crippen LogP contribution in [0.25, 0.3) is 38.7 Å². The quantitative estimate of drug-likeness (QED) is 0.221. The van der Waals surface area contributed by atoms with Crippen LogP contribution in [0.3, 0.4) is 0 Å². The van der Waals surface area contributed by atoms with Gasteiger partial charge < -0.3 is 9.47 Å². The van der Waals surface area contributed by atoms with Gasteiger partial charge in [-0.05, 0) is 69.6 Å². The molecule has 1 heterocycles. The lowest BCUT2D eigenvalue weighted by Crippen LogP contribution is -2.35. The summed E-state index contributed by atoms with van der Waals surface area (Å²) in [5.74, 6) is 1.76. The van der Waals surface area contributed by atoms with E-state index in [-0.39, 0.29) is 5.41 Å². The molecule has 0 N–H and O–H groups in total. The van der Waals surface area contributed by atoms with Crippen LogP contribution < -0.4 is 9.47 Å². The van der Waals surface area contributed by atoms with Gasteiger partial charge in [0.2, 0.25) is 0 Å². The molecule has 42 heavy (non-hydrogen) atoms. The van der Waals surface area contributed by atoms with E-state index in [1.54, 1.807) is 7.11 Å². The molecule has 0 amide bonds. The largest absolute Gasteiger partial charge is 0.497 e. The van der Waals surface area contributed by atoms with E-state index in [9.17, 15) is 0 Å². The number of benzene rings is 6. The summed E-state index contributed by atoms with van der Waals surface area (Å²) in [7, 11) is 1.70. The number of hydrogen-bond donors (Lipinski definition) is 0. The molecule has 2 heteroatoms. The van der Waals surface area contributed by atoms with Crippen molar-refractivity contribution in [2.45, 2.75) is 31.8 Å². The third-order valence-electron chi connectivity index (χ3n) is 9.39. The Morgan fingerprint density at radius 2 is 1.40 bits per heavy atom. The van der Waals surface area contributed by atoms with Crippen molar-refractivity contribution in [3.05, 3.63) is 149 Å². The second kappa shape index (κ2) is 8.84. The van der Waals surface area contributed by atoms with Crippen molar-refractivity contribution in [2.24, 2.45) is 0 Å². The molecule has 0 saturated carbocycles. The normalized spacial score (nSPS) is 17.9. The third-order valence-corrected chi connectivity index (χ3v) is 9.39. The molecule has 1 aliphatic heterocycles. The highest BCUT2D eigenvalue weighted by molar-refractivity contribution is 6.08. The van der Waals surface area contributed by atoms with Crippen LogP contribution in [-0.2, 0) is 11.0 Å². The van der Waals surface area contributed by atoms with Crippen LogP contribution in [0.1, 0.15) is 47.2 Å². The van der Waals surface area contributed by atoms with E-state index in [0.717, 1.165) is 28.0 Å². The fraction of sp³-hybridized carbons (Fsp3) is 0.150. The zero-order valence-electron chi connectivity index (χ0n) is 24.4.